The number of para-hydroxylation sites is 1. The Bertz CT molecular complexity index is 462. The third-order valence-corrected chi connectivity index (χ3v) is 3.37. The van der Waals surface area contributed by atoms with Crippen molar-refractivity contribution in [1.29, 1.82) is 0 Å². The number of aryl methyl sites for hydroxylation is 1. The summed E-state index contributed by atoms with van der Waals surface area (Å²) >= 11 is 1.89. The zero-order valence-corrected chi connectivity index (χ0v) is 10.7. The van der Waals surface area contributed by atoms with Crippen molar-refractivity contribution in [2.24, 2.45) is 0 Å². The van der Waals surface area contributed by atoms with Crippen LogP contribution < -0.4 is 5.32 Å². The maximum absolute atomic E-state index is 3.23. The zero-order valence-electron chi connectivity index (χ0n) is 9.86. The van der Waals surface area contributed by atoms with E-state index in [1.165, 1.54) is 16.5 Å². The predicted molar refractivity (Wildman–Crippen MR) is 73.1 cm³/mol. The monoisotopic (exact) mass is 234 g/mol. The van der Waals surface area contributed by atoms with Crippen LogP contribution in [0.1, 0.15) is 5.56 Å². The van der Waals surface area contributed by atoms with Crippen molar-refractivity contribution in [3.63, 3.8) is 0 Å². The maximum Gasteiger partial charge on any atom is 0.0483 e. The number of aromatic nitrogens is 1. The smallest absolute Gasteiger partial charge is 0.0483 e. The van der Waals surface area contributed by atoms with Gasteiger partial charge in [0.2, 0.25) is 0 Å². The Morgan fingerprint density at radius 2 is 2.12 bits per heavy atom. The molecule has 0 bridgehead atoms. The fourth-order valence-electron chi connectivity index (χ4n) is 2.03. The number of nitrogens with one attached hydrogen (secondary N) is 1. The van der Waals surface area contributed by atoms with Crippen LogP contribution >= 0.6 is 11.8 Å². The Kier molecular flexibility index (Phi) is 3.91. The van der Waals surface area contributed by atoms with E-state index in [0.717, 1.165) is 18.8 Å². The topological polar surface area (TPSA) is 17.0 Å². The van der Waals surface area contributed by atoms with Crippen molar-refractivity contribution in [2.45, 2.75) is 13.1 Å². The molecule has 16 heavy (non-hydrogen) atoms. The van der Waals surface area contributed by atoms with Gasteiger partial charge in [-0.1, -0.05) is 18.2 Å². The minimum atomic E-state index is 0.937. The molecular weight excluding hydrogens is 216 g/mol. The van der Waals surface area contributed by atoms with Crippen LogP contribution in [0.15, 0.2) is 30.5 Å². The van der Waals surface area contributed by atoms with Crippen molar-refractivity contribution < 1.29 is 0 Å². The van der Waals surface area contributed by atoms with Crippen molar-refractivity contribution in [3.05, 3.63) is 36.0 Å². The average molecular weight is 234 g/mol. The van der Waals surface area contributed by atoms with Crippen molar-refractivity contribution >= 4 is 22.7 Å². The van der Waals surface area contributed by atoms with Crippen LogP contribution in [0, 0.1) is 0 Å². The van der Waals surface area contributed by atoms with Gasteiger partial charge in [-0.05, 0) is 24.9 Å². The molecule has 1 aromatic carbocycles. The first kappa shape index (κ1) is 11.6. The van der Waals surface area contributed by atoms with Gasteiger partial charge in [0.25, 0.3) is 0 Å². The van der Waals surface area contributed by atoms with E-state index in [2.05, 4.69) is 46.6 Å². The highest BCUT2D eigenvalue weighted by Gasteiger charge is 2.06. The molecule has 0 aliphatic heterocycles. The minimum absolute atomic E-state index is 0.937. The van der Waals surface area contributed by atoms with E-state index < -0.39 is 0 Å². The summed E-state index contributed by atoms with van der Waals surface area (Å²) in [5, 5.41) is 4.60. The van der Waals surface area contributed by atoms with Crippen LogP contribution in [-0.2, 0) is 13.1 Å². The second-order valence-corrected chi connectivity index (χ2v) is 4.87. The zero-order chi connectivity index (χ0) is 11.4. The molecular formula is C13H18N2S. The summed E-state index contributed by atoms with van der Waals surface area (Å²) < 4.78 is 2.36. The van der Waals surface area contributed by atoms with Crippen LogP contribution in [0.4, 0.5) is 0 Å². The van der Waals surface area contributed by atoms with Crippen molar-refractivity contribution in [1.82, 2.24) is 9.88 Å². The highest BCUT2D eigenvalue weighted by Crippen LogP contribution is 2.21. The fraction of sp³-hybridized carbons (Fsp3) is 0.385. The third kappa shape index (κ3) is 2.25. The molecule has 0 saturated carbocycles. The predicted octanol–water partition coefficient (Wildman–Crippen LogP) is 2.72. The lowest BCUT2D eigenvalue weighted by molar-refractivity contribution is 0.781. The first-order valence-electron chi connectivity index (χ1n) is 5.57. The average Bonchev–Trinajstić information content (AvgIpc) is 2.66. The molecule has 0 fully saturated rings. The Morgan fingerprint density at radius 1 is 1.31 bits per heavy atom. The Balaban J connectivity index is 2.40. The number of fused-ring (bicyclic) bond motifs is 1. The molecule has 0 unspecified atom stereocenters. The maximum atomic E-state index is 3.23. The van der Waals surface area contributed by atoms with Gasteiger partial charge in [-0.25, -0.2) is 0 Å². The van der Waals surface area contributed by atoms with E-state index >= 15 is 0 Å². The highest BCUT2D eigenvalue weighted by molar-refractivity contribution is 7.98. The van der Waals surface area contributed by atoms with Gasteiger partial charge in [-0.15, -0.1) is 0 Å². The summed E-state index contributed by atoms with van der Waals surface area (Å²) in [5.74, 6) is 1.16. The van der Waals surface area contributed by atoms with Crippen LogP contribution in [0.2, 0.25) is 0 Å². The molecule has 0 aliphatic rings. The number of benzene rings is 1. The molecule has 0 radical (unpaired) electrons. The summed E-state index contributed by atoms with van der Waals surface area (Å²) in [5.41, 5.74) is 2.74. The molecule has 86 valence electrons. The molecule has 0 spiro atoms. The van der Waals surface area contributed by atoms with Gasteiger partial charge in [0.15, 0.2) is 0 Å². The standard InChI is InChI=1S/C13H18N2S/c1-14-9-11-10-15(7-8-16-2)13-6-4-3-5-12(11)13/h3-6,10,14H,7-9H2,1-2H3. The Labute approximate surface area is 101 Å². The molecule has 1 heterocycles. The molecule has 2 aromatic rings. The van der Waals surface area contributed by atoms with E-state index in [1.807, 2.05) is 18.8 Å². The first-order chi connectivity index (χ1) is 7.86. The van der Waals surface area contributed by atoms with Gasteiger partial charge in [0, 0.05) is 35.9 Å². The van der Waals surface area contributed by atoms with Gasteiger partial charge in [-0.3, -0.25) is 0 Å². The Morgan fingerprint density at radius 3 is 2.88 bits per heavy atom. The number of rotatable bonds is 5. The van der Waals surface area contributed by atoms with Crippen molar-refractivity contribution in [3.8, 4) is 0 Å². The molecule has 1 N–H and O–H groups in total. The van der Waals surface area contributed by atoms with E-state index in [4.69, 9.17) is 0 Å². The Hall–Kier alpha value is -0.930. The van der Waals surface area contributed by atoms with Gasteiger partial charge < -0.3 is 9.88 Å². The number of thioether (sulfide) groups is 1. The molecule has 1 aromatic heterocycles. The molecule has 2 nitrogen and oxygen atoms in total. The van der Waals surface area contributed by atoms with Gasteiger partial charge in [0.05, 0.1) is 0 Å². The first-order valence-corrected chi connectivity index (χ1v) is 6.96. The largest absolute Gasteiger partial charge is 0.346 e. The molecule has 3 heteroatoms. The molecule has 0 atom stereocenters. The van der Waals surface area contributed by atoms with E-state index in [9.17, 15) is 0 Å². The van der Waals surface area contributed by atoms with Gasteiger partial charge in [-0.2, -0.15) is 11.8 Å². The molecule has 0 saturated heterocycles. The molecule has 2 rings (SSSR count). The van der Waals surface area contributed by atoms with Gasteiger partial charge >= 0.3 is 0 Å². The van der Waals surface area contributed by atoms with Crippen molar-refractivity contribution in [2.75, 3.05) is 19.1 Å². The normalized spacial score (nSPS) is 11.1. The van der Waals surface area contributed by atoms with Crippen LogP contribution in [0.3, 0.4) is 0 Å². The summed E-state index contributed by atoms with van der Waals surface area (Å²) in [6.45, 7) is 2.03. The fourth-order valence-corrected chi connectivity index (χ4v) is 2.41. The minimum Gasteiger partial charge on any atom is -0.346 e. The lowest BCUT2D eigenvalue weighted by atomic mass is 10.2. The lowest BCUT2D eigenvalue weighted by Crippen LogP contribution is -2.04. The number of nitrogens with zero attached hydrogens (tertiary/aromatic N) is 1. The molecule has 0 aliphatic carbocycles. The highest BCUT2D eigenvalue weighted by atomic mass is 32.2. The van der Waals surface area contributed by atoms with Crippen LogP contribution in [0.5, 0.6) is 0 Å². The number of hydrogen-bond donors (Lipinski definition) is 1. The summed E-state index contributed by atoms with van der Waals surface area (Å²) in [4.78, 5) is 0. The van der Waals surface area contributed by atoms with E-state index in [1.54, 1.807) is 0 Å². The SMILES string of the molecule is CNCc1cn(CCSC)c2ccccc12. The van der Waals surface area contributed by atoms with Crippen LogP contribution in [-0.4, -0.2) is 23.6 Å². The summed E-state index contributed by atoms with van der Waals surface area (Å²) in [6.07, 6.45) is 4.43. The quantitative estimate of drug-likeness (QED) is 0.856. The second-order valence-electron chi connectivity index (χ2n) is 3.89. The second kappa shape index (κ2) is 5.41. The summed E-state index contributed by atoms with van der Waals surface area (Å²) in [7, 11) is 1.99. The lowest BCUT2D eigenvalue weighted by Gasteiger charge is -2.02. The van der Waals surface area contributed by atoms with E-state index in [-0.39, 0.29) is 0 Å². The van der Waals surface area contributed by atoms with E-state index in [0.29, 0.717) is 0 Å². The van der Waals surface area contributed by atoms with Gasteiger partial charge in [0.1, 0.15) is 0 Å². The summed E-state index contributed by atoms with van der Waals surface area (Å²) in [6, 6.07) is 8.63. The molecule has 0 amide bonds. The van der Waals surface area contributed by atoms with Crippen LogP contribution in [0.25, 0.3) is 10.9 Å². The third-order valence-electron chi connectivity index (χ3n) is 2.77. The number of hydrogen-bond acceptors (Lipinski definition) is 2.